The first kappa shape index (κ1) is 31.5. The van der Waals surface area contributed by atoms with Crippen LogP contribution in [0.15, 0.2) is 182 Å². The fourth-order valence-electron chi connectivity index (χ4n) is 4.36. The Labute approximate surface area is 254 Å². The summed E-state index contributed by atoms with van der Waals surface area (Å²) in [4.78, 5) is 0. The van der Waals surface area contributed by atoms with Crippen LogP contribution in [0.3, 0.4) is 0 Å². The normalized spacial score (nSPS) is 10.1. The molecule has 0 atom stereocenters. The molecule has 0 saturated carbocycles. The van der Waals surface area contributed by atoms with Gasteiger partial charge in [-0.05, 0) is 0 Å². The van der Waals surface area contributed by atoms with Crippen molar-refractivity contribution in [1.82, 2.24) is 0 Å². The topological polar surface area (TPSA) is 63.0 Å². The van der Waals surface area contributed by atoms with Gasteiger partial charge in [-0.1, -0.05) is 0 Å². The molecule has 6 aromatic rings. The molecule has 6 rings (SSSR count). The summed E-state index contributed by atoms with van der Waals surface area (Å²) in [6.45, 7) is 0. The van der Waals surface area contributed by atoms with Gasteiger partial charge < -0.3 is 11.0 Å². The zero-order chi connectivity index (χ0) is 25.8. The second kappa shape index (κ2) is 17.0. The van der Waals surface area contributed by atoms with Gasteiger partial charge >= 0.3 is 245 Å². The Morgan fingerprint density at radius 1 is 0.200 bits per heavy atom. The Morgan fingerprint density at radius 3 is 0.450 bits per heavy atom. The Kier molecular flexibility index (Phi) is 13.4. The van der Waals surface area contributed by atoms with Crippen LogP contribution in [0.4, 0.5) is 0 Å². The maximum absolute atomic E-state index is 2.29. The van der Waals surface area contributed by atoms with Gasteiger partial charge in [-0.25, -0.2) is 0 Å². The molecule has 0 unspecified atom stereocenters. The Bertz CT molecular complexity index is 1180. The molecule has 4 heteroatoms. The molecule has 200 valence electrons. The van der Waals surface area contributed by atoms with Gasteiger partial charge in [0.15, 0.2) is 0 Å². The van der Waals surface area contributed by atoms with Crippen molar-refractivity contribution in [2.75, 3.05) is 0 Å². The summed E-state index contributed by atoms with van der Waals surface area (Å²) in [5.41, 5.74) is 0. The van der Waals surface area contributed by atoms with Crippen molar-refractivity contribution in [3.8, 4) is 0 Å². The van der Waals surface area contributed by atoms with E-state index >= 15 is 0 Å². The number of benzene rings is 6. The maximum atomic E-state index is 2.29. The van der Waals surface area contributed by atoms with E-state index in [9.17, 15) is 0 Å². The van der Waals surface area contributed by atoms with Gasteiger partial charge in [-0.2, -0.15) is 0 Å². The van der Waals surface area contributed by atoms with Crippen LogP contribution in [0.1, 0.15) is 0 Å². The van der Waals surface area contributed by atoms with Gasteiger partial charge in [0, 0.05) is 0 Å². The van der Waals surface area contributed by atoms with E-state index < -0.39 is 43.5 Å². The van der Waals surface area contributed by atoms with E-state index in [0.717, 1.165) is 0 Å². The van der Waals surface area contributed by atoms with Crippen LogP contribution in [-0.2, 0) is 0 Å². The van der Waals surface area contributed by atoms with E-state index in [1.165, 1.54) is 19.6 Å². The molecule has 0 bridgehead atoms. The van der Waals surface area contributed by atoms with Crippen LogP contribution in [0.5, 0.6) is 0 Å². The summed E-state index contributed by atoms with van der Waals surface area (Å²) in [6.07, 6.45) is 0. The van der Waals surface area contributed by atoms with Crippen molar-refractivity contribution in [3.05, 3.63) is 182 Å². The van der Waals surface area contributed by atoms with Crippen molar-refractivity contribution in [3.63, 3.8) is 0 Å². The van der Waals surface area contributed by atoms with Gasteiger partial charge in [0.1, 0.15) is 0 Å². The van der Waals surface area contributed by atoms with Crippen LogP contribution in [0.25, 0.3) is 0 Å². The Balaban J connectivity index is 0.000000210. The van der Waals surface area contributed by atoms with Gasteiger partial charge in [-0.15, -0.1) is 0 Å². The predicted molar refractivity (Wildman–Crippen MR) is 175 cm³/mol. The second-order valence-corrected chi connectivity index (χ2v) is 25.9. The van der Waals surface area contributed by atoms with Crippen molar-refractivity contribution in [1.29, 1.82) is 0 Å². The van der Waals surface area contributed by atoms with Crippen molar-refractivity contribution in [2.24, 2.45) is 0 Å². The van der Waals surface area contributed by atoms with Crippen LogP contribution in [0, 0.1) is 0 Å². The summed E-state index contributed by atoms with van der Waals surface area (Å²) < 4.78 is 9.22. The van der Waals surface area contributed by atoms with Gasteiger partial charge in [-0.3, -0.25) is 0 Å². The number of hydrogen-bond donors (Lipinski definition) is 0. The summed E-state index contributed by atoms with van der Waals surface area (Å²) in [5, 5.41) is 0. The fraction of sp³-hybridized carbons (Fsp3) is 0. The number of rotatable bonds is 6. The quantitative estimate of drug-likeness (QED) is 0.231. The minimum absolute atomic E-state index is 0. The monoisotopic (exact) mass is 916 g/mol. The number of hydrogen-bond acceptors (Lipinski definition) is 0. The summed E-state index contributed by atoms with van der Waals surface area (Å²) in [6, 6.07) is 65.9. The standard InChI is InChI=1S/6C6H5.2Bi.2H2O/c6*1-2-4-6-5-3-1;;;;/h6*1-5H;;;2*1H2. The molecule has 0 amide bonds. The van der Waals surface area contributed by atoms with Gasteiger partial charge in [0.25, 0.3) is 0 Å². The minimum atomic E-state index is -2.06. The van der Waals surface area contributed by atoms with E-state index in [2.05, 4.69) is 182 Å². The van der Waals surface area contributed by atoms with Gasteiger partial charge in [0.2, 0.25) is 0 Å². The first-order valence-electron chi connectivity index (χ1n) is 12.8. The first-order valence-corrected chi connectivity index (χ1v) is 23.2. The molecule has 0 radical (unpaired) electrons. The van der Waals surface area contributed by atoms with E-state index in [4.69, 9.17) is 0 Å². The molecular formula is C36H34Bi2O2. The average Bonchev–Trinajstić information content (AvgIpc) is 3.01. The molecular weight excluding hydrogens is 882 g/mol. The molecule has 4 N–H and O–H groups in total. The molecule has 0 saturated heterocycles. The SMILES string of the molecule is O.O.c1cc[c]([Bi]([c]2ccccc2)[c]2ccccc2)cc1.c1cc[c]([Bi]([c]2ccccc2)[c]2ccccc2)cc1. The molecule has 0 aliphatic heterocycles. The third-order valence-electron chi connectivity index (χ3n) is 6.09. The van der Waals surface area contributed by atoms with Crippen LogP contribution in [-0.4, -0.2) is 54.5 Å². The summed E-state index contributed by atoms with van der Waals surface area (Å²) >= 11 is -4.13. The molecule has 0 aromatic heterocycles. The molecule has 0 spiro atoms. The second-order valence-electron chi connectivity index (χ2n) is 8.68. The van der Waals surface area contributed by atoms with Gasteiger partial charge in [0.05, 0.1) is 0 Å². The van der Waals surface area contributed by atoms with E-state index in [0.29, 0.717) is 0 Å². The third-order valence-corrected chi connectivity index (χ3v) is 25.1. The predicted octanol–water partition coefficient (Wildman–Crippen LogP) is 2.76. The van der Waals surface area contributed by atoms with Crippen LogP contribution in [0.2, 0.25) is 0 Å². The summed E-state index contributed by atoms with van der Waals surface area (Å²) in [5.74, 6) is 0. The molecule has 0 aliphatic carbocycles. The van der Waals surface area contributed by atoms with Crippen LogP contribution < -0.4 is 19.6 Å². The van der Waals surface area contributed by atoms with Crippen molar-refractivity contribution >= 4 is 63.1 Å². The van der Waals surface area contributed by atoms with E-state index in [1.54, 1.807) is 0 Å². The molecule has 2 nitrogen and oxygen atoms in total. The Hall–Kier alpha value is -2.99. The Morgan fingerprint density at radius 2 is 0.325 bits per heavy atom. The summed E-state index contributed by atoms with van der Waals surface area (Å²) in [7, 11) is 0. The van der Waals surface area contributed by atoms with Crippen molar-refractivity contribution < 1.29 is 11.0 Å². The third kappa shape index (κ3) is 8.50. The van der Waals surface area contributed by atoms with E-state index in [-0.39, 0.29) is 11.0 Å². The molecule has 0 heterocycles. The fourth-order valence-corrected chi connectivity index (χ4v) is 22.3. The zero-order valence-corrected chi connectivity index (χ0v) is 29.2. The van der Waals surface area contributed by atoms with Crippen molar-refractivity contribution in [2.45, 2.75) is 0 Å². The molecule has 40 heavy (non-hydrogen) atoms. The molecule has 6 aromatic carbocycles. The zero-order valence-electron chi connectivity index (χ0n) is 22.2. The average molecular weight is 917 g/mol. The van der Waals surface area contributed by atoms with E-state index in [1.807, 2.05) is 0 Å². The first-order chi connectivity index (χ1) is 18.9. The van der Waals surface area contributed by atoms with Crippen LogP contribution >= 0.6 is 0 Å². The molecule has 0 aliphatic rings. The molecule has 0 fully saturated rings.